The van der Waals surface area contributed by atoms with Crippen LogP contribution in [0.15, 0.2) is 24.3 Å². The van der Waals surface area contributed by atoms with Gasteiger partial charge in [0, 0.05) is 31.6 Å². The van der Waals surface area contributed by atoms with Gasteiger partial charge in [0.2, 0.25) is 0 Å². The van der Waals surface area contributed by atoms with E-state index in [2.05, 4.69) is 24.3 Å². The summed E-state index contributed by atoms with van der Waals surface area (Å²) in [6.07, 6.45) is 0.524. The third-order valence-electron chi connectivity index (χ3n) is 3.15. The minimum absolute atomic E-state index is 0. The molecule has 0 aliphatic heterocycles. The molecular weight excluding hydrogens is 316 g/mol. The number of benzene rings is 1. The predicted molar refractivity (Wildman–Crippen MR) is 96.0 cm³/mol. The highest BCUT2D eigenvalue weighted by Gasteiger charge is 2.02. The van der Waals surface area contributed by atoms with Crippen molar-refractivity contribution in [2.75, 3.05) is 53.6 Å². The van der Waals surface area contributed by atoms with E-state index in [9.17, 15) is 4.79 Å². The zero-order chi connectivity index (χ0) is 16.2. The summed E-state index contributed by atoms with van der Waals surface area (Å²) < 4.78 is 11.1. The molecule has 0 spiro atoms. The van der Waals surface area contributed by atoms with Gasteiger partial charge < -0.3 is 19.7 Å². The van der Waals surface area contributed by atoms with Crippen LogP contribution in [0.3, 0.4) is 0 Å². The van der Waals surface area contributed by atoms with E-state index in [4.69, 9.17) is 9.47 Å². The molecule has 0 saturated heterocycles. The Kier molecular flexibility index (Phi) is 12.7. The zero-order valence-electron chi connectivity index (χ0n) is 14.3. The van der Waals surface area contributed by atoms with Crippen LogP contribution in [0.25, 0.3) is 0 Å². The van der Waals surface area contributed by atoms with Crippen molar-refractivity contribution in [1.82, 2.24) is 10.2 Å². The van der Waals surface area contributed by atoms with E-state index in [1.54, 1.807) is 12.1 Å². The van der Waals surface area contributed by atoms with Crippen molar-refractivity contribution in [2.45, 2.75) is 13.3 Å². The standard InChI is InChI=1S/C17H28N2O3.ClH/c1-4-17(20)15-5-7-16(8-6-15)22-14-13-21-12-10-18-9-11-19(2)3;/h5-8,18H,4,9-14H2,1-3H3;1H. The molecule has 6 heteroatoms. The highest BCUT2D eigenvalue weighted by Crippen LogP contribution is 2.13. The first-order valence-corrected chi connectivity index (χ1v) is 7.82. The van der Waals surface area contributed by atoms with Crippen LogP contribution in [0.2, 0.25) is 0 Å². The Morgan fingerprint density at radius 1 is 1.09 bits per heavy atom. The number of Topliss-reactive ketones (excluding diaryl/α,β-unsaturated/α-hetero) is 1. The van der Waals surface area contributed by atoms with E-state index >= 15 is 0 Å². The normalized spacial score (nSPS) is 10.4. The van der Waals surface area contributed by atoms with Gasteiger partial charge in [-0.25, -0.2) is 0 Å². The molecule has 0 aromatic heterocycles. The van der Waals surface area contributed by atoms with Gasteiger partial charge >= 0.3 is 0 Å². The minimum Gasteiger partial charge on any atom is -0.491 e. The molecule has 0 bridgehead atoms. The molecule has 1 aromatic carbocycles. The van der Waals surface area contributed by atoms with Crippen molar-refractivity contribution in [2.24, 2.45) is 0 Å². The fourth-order valence-corrected chi connectivity index (χ4v) is 1.83. The molecule has 0 radical (unpaired) electrons. The fraction of sp³-hybridized carbons (Fsp3) is 0.588. The maximum Gasteiger partial charge on any atom is 0.162 e. The molecule has 1 N–H and O–H groups in total. The molecule has 0 fully saturated rings. The number of hydrogen-bond donors (Lipinski definition) is 1. The first-order chi connectivity index (χ1) is 10.6. The summed E-state index contributed by atoms with van der Waals surface area (Å²) in [5, 5.41) is 3.31. The van der Waals surface area contributed by atoms with Crippen LogP contribution in [0, 0.1) is 0 Å². The maximum absolute atomic E-state index is 11.5. The largest absolute Gasteiger partial charge is 0.491 e. The third-order valence-corrected chi connectivity index (χ3v) is 3.15. The van der Waals surface area contributed by atoms with Gasteiger partial charge in [0.25, 0.3) is 0 Å². The molecule has 132 valence electrons. The number of ether oxygens (including phenoxy) is 2. The van der Waals surface area contributed by atoms with E-state index in [0.29, 0.717) is 26.2 Å². The SMILES string of the molecule is CCC(=O)c1ccc(OCCOCCNCCN(C)C)cc1.Cl. The Balaban J connectivity index is 0.00000484. The van der Waals surface area contributed by atoms with Crippen LogP contribution in [0.5, 0.6) is 5.75 Å². The molecule has 1 aromatic rings. The fourth-order valence-electron chi connectivity index (χ4n) is 1.83. The van der Waals surface area contributed by atoms with Gasteiger partial charge in [-0.2, -0.15) is 0 Å². The first kappa shape index (κ1) is 21.9. The second kappa shape index (κ2) is 13.3. The Labute approximate surface area is 145 Å². The Morgan fingerprint density at radius 3 is 2.39 bits per heavy atom. The Morgan fingerprint density at radius 2 is 1.78 bits per heavy atom. The number of ketones is 1. The van der Waals surface area contributed by atoms with Crippen molar-refractivity contribution in [1.29, 1.82) is 0 Å². The molecule has 0 heterocycles. The quantitative estimate of drug-likeness (QED) is 0.465. The van der Waals surface area contributed by atoms with E-state index < -0.39 is 0 Å². The van der Waals surface area contributed by atoms with Gasteiger partial charge in [-0.3, -0.25) is 4.79 Å². The number of nitrogens with zero attached hydrogens (tertiary/aromatic N) is 1. The number of carbonyl (C=O) groups excluding carboxylic acids is 1. The average Bonchev–Trinajstić information content (AvgIpc) is 2.53. The van der Waals surface area contributed by atoms with Crippen LogP contribution < -0.4 is 10.1 Å². The monoisotopic (exact) mass is 344 g/mol. The Hall–Kier alpha value is -1.14. The van der Waals surface area contributed by atoms with Crippen LogP contribution in [-0.2, 0) is 4.74 Å². The van der Waals surface area contributed by atoms with Gasteiger partial charge in [0.15, 0.2) is 5.78 Å². The minimum atomic E-state index is 0. The summed E-state index contributed by atoms with van der Waals surface area (Å²) in [6, 6.07) is 7.25. The van der Waals surface area contributed by atoms with Gasteiger partial charge in [0.1, 0.15) is 12.4 Å². The van der Waals surface area contributed by atoms with Crippen molar-refractivity contribution in [3.63, 3.8) is 0 Å². The summed E-state index contributed by atoms with van der Waals surface area (Å²) in [7, 11) is 4.11. The number of hydrogen-bond acceptors (Lipinski definition) is 5. The smallest absolute Gasteiger partial charge is 0.162 e. The lowest BCUT2D eigenvalue weighted by Crippen LogP contribution is -2.29. The van der Waals surface area contributed by atoms with E-state index in [1.165, 1.54) is 0 Å². The lowest BCUT2D eigenvalue weighted by molar-refractivity contribution is 0.0986. The van der Waals surface area contributed by atoms with Gasteiger partial charge in [0.05, 0.1) is 13.2 Å². The molecule has 0 amide bonds. The molecule has 5 nitrogen and oxygen atoms in total. The predicted octanol–water partition coefficient (Wildman–Crippen LogP) is 2.25. The summed E-state index contributed by atoms with van der Waals surface area (Å²) in [5.74, 6) is 0.914. The first-order valence-electron chi connectivity index (χ1n) is 7.82. The number of halogens is 1. The molecule has 0 saturated carbocycles. The molecule has 0 unspecified atom stereocenters. The van der Waals surface area contributed by atoms with Crippen molar-refractivity contribution in [3.05, 3.63) is 29.8 Å². The zero-order valence-corrected chi connectivity index (χ0v) is 15.2. The van der Waals surface area contributed by atoms with Gasteiger partial charge in [-0.1, -0.05) is 6.92 Å². The van der Waals surface area contributed by atoms with Crippen molar-refractivity contribution >= 4 is 18.2 Å². The van der Waals surface area contributed by atoms with E-state index in [-0.39, 0.29) is 18.2 Å². The van der Waals surface area contributed by atoms with Crippen LogP contribution in [0.1, 0.15) is 23.7 Å². The van der Waals surface area contributed by atoms with Gasteiger partial charge in [-0.05, 0) is 38.4 Å². The lowest BCUT2D eigenvalue weighted by Gasteiger charge is -2.11. The maximum atomic E-state index is 11.5. The summed E-state index contributed by atoms with van der Waals surface area (Å²) >= 11 is 0. The van der Waals surface area contributed by atoms with E-state index in [1.807, 2.05) is 19.1 Å². The second-order valence-electron chi connectivity index (χ2n) is 5.32. The van der Waals surface area contributed by atoms with Crippen LogP contribution in [0.4, 0.5) is 0 Å². The summed E-state index contributed by atoms with van der Waals surface area (Å²) in [4.78, 5) is 13.6. The topological polar surface area (TPSA) is 50.8 Å². The highest BCUT2D eigenvalue weighted by molar-refractivity contribution is 5.95. The molecule has 1 rings (SSSR count). The molecule has 0 aliphatic carbocycles. The summed E-state index contributed by atoms with van der Waals surface area (Å²) in [5.41, 5.74) is 0.731. The van der Waals surface area contributed by atoms with Crippen molar-refractivity contribution < 1.29 is 14.3 Å². The highest BCUT2D eigenvalue weighted by atomic mass is 35.5. The number of nitrogens with one attached hydrogen (secondary N) is 1. The number of rotatable bonds is 12. The van der Waals surface area contributed by atoms with E-state index in [0.717, 1.165) is 30.9 Å². The average molecular weight is 345 g/mol. The van der Waals surface area contributed by atoms with Crippen LogP contribution >= 0.6 is 12.4 Å². The number of carbonyl (C=O) groups is 1. The molecule has 0 atom stereocenters. The second-order valence-corrected chi connectivity index (χ2v) is 5.32. The molecule has 0 aliphatic rings. The molecule has 23 heavy (non-hydrogen) atoms. The third kappa shape index (κ3) is 10.3. The lowest BCUT2D eigenvalue weighted by atomic mass is 10.1. The summed E-state index contributed by atoms with van der Waals surface area (Å²) in [6.45, 7) is 6.46. The Bertz CT molecular complexity index is 424. The number of likely N-dealkylation sites (N-methyl/N-ethyl adjacent to an activating group) is 1. The molecular formula is C17H29ClN2O3. The van der Waals surface area contributed by atoms with Crippen LogP contribution in [-0.4, -0.2) is 64.2 Å². The van der Waals surface area contributed by atoms with Gasteiger partial charge in [-0.15, -0.1) is 12.4 Å². The van der Waals surface area contributed by atoms with Crippen molar-refractivity contribution in [3.8, 4) is 5.75 Å².